The first-order valence-electron chi connectivity index (χ1n) is 5.83. The highest BCUT2D eigenvalue weighted by molar-refractivity contribution is 6.09. The van der Waals surface area contributed by atoms with Crippen LogP contribution in [0.2, 0.25) is 0 Å². The smallest absolute Gasteiger partial charge is 0.350 e. The van der Waals surface area contributed by atoms with Gasteiger partial charge in [-0.25, -0.2) is 18.4 Å². The number of carbonyl (C=O) groups is 3. The summed E-state index contributed by atoms with van der Waals surface area (Å²) < 4.78 is 30.2. The highest BCUT2D eigenvalue weighted by Crippen LogP contribution is 2.19. The summed E-state index contributed by atoms with van der Waals surface area (Å²) in [4.78, 5) is 34.3. The number of esters is 1. The monoisotopic (exact) mass is 302 g/mol. The number of aliphatic hydroxyl groups is 1. The van der Waals surface area contributed by atoms with Crippen LogP contribution in [0.1, 0.15) is 23.7 Å². The van der Waals surface area contributed by atoms with E-state index >= 15 is 0 Å². The largest absolute Gasteiger partial charge is 0.479 e. The maximum absolute atomic E-state index is 13.0. The third-order valence-corrected chi connectivity index (χ3v) is 2.62. The summed E-state index contributed by atoms with van der Waals surface area (Å²) in [6.07, 6.45) is -1.16. The number of ether oxygens (including phenoxy) is 1. The van der Waals surface area contributed by atoms with E-state index in [-0.39, 0.29) is 12.2 Å². The van der Waals surface area contributed by atoms with Gasteiger partial charge in [-0.05, 0) is 25.1 Å². The van der Waals surface area contributed by atoms with Gasteiger partial charge in [-0.2, -0.15) is 0 Å². The first-order valence-corrected chi connectivity index (χ1v) is 5.83. The van der Waals surface area contributed by atoms with Crippen LogP contribution in [0.25, 0.3) is 0 Å². The van der Waals surface area contributed by atoms with Crippen LogP contribution in [0.15, 0.2) is 18.2 Å². The summed E-state index contributed by atoms with van der Waals surface area (Å²) in [5, 5.41) is 18.7. The van der Waals surface area contributed by atoms with Gasteiger partial charge < -0.3 is 14.9 Å². The fraction of sp³-hybridized carbons (Fsp3) is 0.308. The Hall–Kier alpha value is -2.35. The van der Waals surface area contributed by atoms with E-state index in [1.165, 1.54) is 6.92 Å². The molecule has 0 aliphatic rings. The number of halogens is 2. The van der Waals surface area contributed by atoms with Crippen molar-refractivity contribution in [2.75, 3.05) is 6.61 Å². The van der Waals surface area contributed by atoms with E-state index in [0.29, 0.717) is 12.1 Å². The molecule has 6 nitrogen and oxygen atoms in total. The number of benzene rings is 1. The molecule has 0 amide bonds. The number of aliphatic carboxylic acids is 1. The third kappa shape index (κ3) is 3.60. The number of hydrogen-bond donors (Lipinski definition) is 2. The molecule has 1 rings (SSSR count). The number of carboxylic acid groups (broad SMARTS) is 1. The summed E-state index contributed by atoms with van der Waals surface area (Å²) >= 11 is 0. The standard InChI is InChI=1S/C13H12F2O6/c1-2-21-12(19)13(20,11(17)18)6-10(16)7-3-4-8(14)9(15)5-7/h3-5,20H,2,6H2,1H3,(H,17,18). The second kappa shape index (κ2) is 6.40. The van der Waals surface area contributed by atoms with E-state index in [2.05, 4.69) is 4.74 Å². The van der Waals surface area contributed by atoms with Crippen LogP contribution in [0.5, 0.6) is 0 Å². The number of carboxylic acids is 1. The van der Waals surface area contributed by atoms with Crippen molar-refractivity contribution in [3.8, 4) is 0 Å². The third-order valence-electron chi connectivity index (χ3n) is 2.62. The molecule has 0 saturated heterocycles. The van der Waals surface area contributed by atoms with Gasteiger partial charge in [-0.1, -0.05) is 0 Å². The Morgan fingerprint density at radius 3 is 2.33 bits per heavy atom. The number of ketones is 1. The highest BCUT2D eigenvalue weighted by atomic mass is 19.2. The van der Waals surface area contributed by atoms with Crippen LogP contribution < -0.4 is 0 Å². The van der Waals surface area contributed by atoms with Crippen LogP contribution in [0.4, 0.5) is 8.78 Å². The molecule has 1 aromatic carbocycles. The molecule has 114 valence electrons. The summed E-state index contributed by atoms with van der Waals surface area (Å²) in [5.74, 6) is -7.03. The van der Waals surface area contributed by atoms with Crippen LogP contribution >= 0.6 is 0 Å². The zero-order valence-electron chi connectivity index (χ0n) is 10.9. The van der Waals surface area contributed by atoms with E-state index in [0.717, 1.165) is 6.07 Å². The van der Waals surface area contributed by atoms with Crippen molar-refractivity contribution in [1.29, 1.82) is 0 Å². The van der Waals surface area contributed by atoms with Crippen LogP contribution in [0, 0.1) is 11.6 Å². The van der Waals surface area contributed by atoms with Gasteiger partial charge in [0.15, 0.2) is 17.4 Å². The molecule has 0 saturated carbocycles. The van der Waals surface area contributed by atoms with E-state index in [4.69, 9.17) is 5.11 Å². The molecule has 2 N–H and O–H groups in total. The van der Waals surface area contributed by atoms with E-state index < -0.39 is 41.4 Å². The second-order valence-electron chi connectivity index (χ2n) is 4.11. The molecule has 1 atom stereocenters. The second-order valence-corrected chi connectivity index (χ2v) is 4.11. The Balaban J connectivity index is 3.03. The maximum atomic E-state index is 13.0. The van der Waals surface area contributed by atoms with Crippen molar-refractivity contribution < 1.29 is 38.1 Å². The molecule has 0 heterocycles. The maximum Gasteiger partial charge on any atom is 0.350 e. The topological polar surface area (TPSA) is 101 Å². The Bertz CT molecular complexity index is 586. The SMILES string of the molecule is CCOC(=O)C(O)(CC(=O)c1ccc(F)c(F)c1)C(=O)O. The van der Waals surface area contributed by atoms with Gasteiger partial charge in [0.25, 0.3) is 5.60 Å². The van der Waals surface area contributed by atoms with Gasteiger partial charge >= 0.3 is 11.9 Å². The molecule has 0 bridgehead atoms. The molecular formula is C13H12F2O6. The first-order chi connectivity index (χ1) is 9.72. The summed E-state index contributed by atoms with van der Waals surface area (Å²) in [5.41, 5.74) is -3.46. The Kier molecular flexibility index (Phi) is 5.09. The molecular weight excluding hydrogens is 290 g/mol. The van der Waals surface area contributed by atoms with Crippen molar-refractivity contribution in [1.82, 2.24) is 0 Å². The predicted molar refractivity (Wildman–Crippen MR) is 64.5 cm³/mol. The van der Waals surface area contributed by atoms with Crippen molar-refractivity contribution in [3.63, 3.8) is 0 Å². The fourth-order valence-electron chi connectivity index (χ4n) is 1.49. The van der Waals surface area contributed by atoms with Gasteiger partial charge in [-0.15, -0.1) is 0 Å². The number of carbonyl (C=O) groups excluding carboxylic acids is 2. The average molecular weight is 302 g/mol. The lowest BCUT2D eigenvalue weighted by atomic mass is 9.94. The molecule has 0 fully saturated rings. The highest BCUT2D eigenvalue weighted by Gasteiger charge is 2.48. The van der Waals surface area contributed by atoms with Crippen LogP contribution in [-0.4, -0.2) is 40.1 Å². The zero-order valence-corrected chi connectivity index (χ0v) is 10.9. The van der Waals surface area contributed by atoms with Crippen LogP contribution in [-0.2, 0) is 14.3 Å². The number of hydrogen-bond acceptors (Lipinski definition) is 5. The Labute approximate surface area is 118 Å². The van der Waals surface area contributed by atoms with Gasteiger partial charge in [0, 0.05) is 5.56 Å². The van der Waals surface area contributed by atoms with Crippen molar-refractivity contribution in [2.45, 2.75) is 18.9 Å². The Morgan fingerprint density at radius 2 is 1.86 bits per heavy atom. The minimum atomic E-state index is -3.09. The van der Waals surface area contributed by atoms with Gasteiger partial charge in [0.05, 0.1) is 13.0 Å². The lowest BCUT2D eigenvalue weighted by molar-refractivity contribution is -0.179. The van der Waals surface area contributed by atoms with Crippen molar-refractivity contribution >= 4 is 17.7 Å². The number of rotatable bonds is 6. The summed E-state index contributed by atoms with van der Waals surface area (Å²) in [6, 6.07) is 2.13. The fourth-order valence-corrected chi connectivity index (χ4v) is 1.49. The molecule has 8 heteroatoms. The molecule has 0 spiro atoms. The summed E-state index contributed by atoms with van der Waals surface area (Å²) in [7, 11) is 0. The lowest BCUT2D eigenvalue weighted by Gasteiger charge is -2.20. The van der Waals surface area contributed by atoms with E-state index in [9.17, 15) is 28.3 Å². The molecule has 21 heavy (non-hydrogen) atoms. The quantitative estimate of drug-likeness (QED) is 0.460. The zero-order chi connectivity index (χ0) is 16.2. The normalized spacial score (nSPS) is 13.3. The molecule has 1 unspecified atom stereocenters. The van der Waals surface area contributed by atoms with Gasteiger partial charge in [0.1, 0.15) is 0 Å². The molecule has 1 aromatic rings. The van der Waals surface area contributed by atoms with Crippen molar-refractivity contribution in [2.24, 2.45) is 0 Å². The average Bonchev–Trinajstić information content (AvgIpc) is 2.41. The molecule has 0 aliphatic heterocycles. The lowest BCUT2D eigenvalue weighted by Crippen LogP contribution is -2.49. The van der Waals surface area contributed by atoms with Gasteiger partial charge in [-0.3, -0.25) is 4.79 Å². The van der Waals surface area contributed by atoms with Crippen molar-refractivity contribution in [3.05, 3.63) is 35.4 Å². The number of Topliss-reactive ketones (excluding diaryl/α,β-unsaturated/α-hetero) is 1. The van der Waals surface area contributed by atoms with E-state index in [1.54, 1.807) is 0 Å². The summed E-state index contributed by atoms with van der Waals surface area (Å²) in [6.45, 7) is 1.19. The first kappa shape index (κ1) is 16.7. The molecule has 0 radical (unpaired) electrons. The molecule has 0 aromatic heterocycles. The van der Waals surface area contributed by atoms with Crippen LogP contribution in [0.3, 0.4) is 0 Å². The van der Waals surface area contributed by atoms with E-state index in [1.807, 2.05) is 0 Å². The molecule has 0 aliphatic carbocycles. The Morgan fingerprint density at radius 1 is 1.24 bits per heavy atom. The minimum absolute atomic E-state index is 0.201. The predicted octanol–water partition coefficient (Wildman–Crippen LogP) is 0.916. The van der Waals surface area contributed by atoms with Gasteiger partial charge in [0.2, 0.25) is 0 Å². The minimum Gasteiger partial charge on any atom is -0.479 e.